The number of halogens is 2. The van der Waals surface area contributed by atoms with Crippen LogP contribution in [-0.4, -0.2) is 41.4 Å². The summed E-state index contributed by atoms with van der Waals surface area (Å²) in [7, 11) is 1.82. The minimum atomic E-state index is -0.826. The maximum absolute atomic E-state index is 13.9. The molecule has 1 unspecified atom stereocenters. The van der Waals surface area contributed by atoms with E-state index in [4.69, 9.17) is 0 Å². The highest BCUT2D eigenvalue weighted by atomic mass is 19.2. The van der Waals surface area contributed by atoms with E-state index in [1.807, 2.05) is 11.9 Å². The molecule has 2 fully saturated rings. The van der Waals surface area contributed by atoms with E-state index in [2.05, 4.69) is 0 Å². The van der Waals surface area contributed by atoms with Crippen molar-refractivity contribution in [1.82, 2.24) is 9.80 Å². The van der Waals surface area contributed by atoms with Crippen molar-refractivity contribution in [2.24, 2.45) is 0 Å². The first-order valence-corrected chi connectivity index (χ1v) is 7.48. The number of piperidine rings is 1. The molecule has 0 bridgehead atoms. The van der Waals surface area contributed by atoms with Gasteiger partial charge in [-0.25, -0.2) is 8.78 Å². The molecule has 2 saturated heterocycles. The van der Waals surface area contributed by atoms with Gasteiger partial charge in [-0.15, -0.1) is 0 Å². The van der Waals surface area contributed by atoms with Gasteiger partial charge < -0.3 is 4.90 Å². The van der Waals surface area contributed by atoms with Crippen molar-refractivity contribution in [2.75, 3.05) is 20.1 Å². The summed E-state index contributed by atoms with van der Waals surface area (Å²) in [5, 5.41) is 0. The Bertz CT molecular complexity index is 563. The van der Waals surface area contributed by atoms with Crippen molar-refractivity contribution >= 4 is 5.91 Å². The fraction of sp³-hybridized carbons (Fsp3) is 0.562. The summed E-state index contributed by atoms with van der Waals surface area (Å²) in [6, 6.07) is 4.24. The number of hydrogen-bond acceptors (Lipinski definition) is 2. The number of carbonyl (C=O) groups is 1. The van der Waals surface area contributed by atoms with E-state index in [-0.39, 0.29) is 5.91 Å². The molecule has 0 aliphatic carbocycles. The number of carbonyl (C=O) groups excluding carboxylic acids is 1. The minimum absolute atomic E-state index is 0.128. The molecule has 114 valence electrons. The minimum Gasteiger partial charge on any atom is -0.344 e. The fourth-order valence-corrected chi connectivity index (χ4v) is 3.74. The van der Waals surface area contributed by atoms with Crippen LogP contribution < -0.4 is 0 Å². The lowest BCUT2D eigenvalue weighted by atomic mass is 9.85. The van der Waals surface area contributed by atoms with Gasteiger partial charge in [0.25, 0.3) is 0 Å². The van der Waals surface area contributed by atoms with Gasteiger partial charge in [-0.1, -0.05) is 12.1 Å². The third kappa shape index (κ3) is 2.33. The molecule has 0 aromatic heterocycles. The zero-order chi connectivity index (χ0) is 15.0. The van der Waals surface area contributed by atoms with Crippen molar-refractivity contribution < 1.29 is 13.6 Å². The van der Waals surface area contributed by atoms with Gasteiger partial charge in [0, 0.05) is 25.7 Å². The second kappa shape index (κ2) is 5.37. The summed E-state index contributed by atoms with van der Waals surface area (Å²) < 4.78 is 27.2. The third-order valence-electron chi connectivity index (χ3n) is 4.85. The van der Waals surface area contributed by atoms with Crippen LogP contribution in [0.5, 0.6) is 0 Å². The van der Waals surface area contributed by atoms with Crippen LogP contribution in [0, 0.1) is 11.6 Å². The normalized spacial score (nSPS) is 26.8. The van der Waals surface area contributed by atoms with Crippen LogP contribution in [0.1, 0.15) is 31.2 Å². The second-order valence-corrected chi connectivity index (χ2v) is 6.10. The topological polar surface area (TPSA) is 23.6 Å². The second-order valence-electron chi connectivity index (χ2n) is 6.10. The number of amides is 1. The van der Waals surface area contributed by atoms with Crippen LogP contribution >= 0.6 is 0 Å². The number of hydrogen-bond donors (Lipinski definition) is 0. The molecule has 0 radical (unpaired) electrons. The van der Waals surface area contributed by atoms with E-state index >= 15 is 0 Å². The Balaban J connectivity index is 1.87. The molecular formula is C16H20F2N2O. The number of likely N-dealkylation sites (tertiary alicyclic amines) is 2. The van der Waals surface area contributed by atoms with Crippen molar-refractivity contribution in [3.8, 4) is 0 Å². The molecule has 3 rings (SSSR count). The van der Waals surface area contributed by atoms with Crippen molar-refractivity contribution in [2.45, 2.75) is 37.8 Å². The standard InChI is InChI=1S/C16H20F2N2O/c1-19-9-3-7-16(15(19)21)8-4-10-20(16)11-12-5-2-6-13(17)14(12)18/h2,5-6H,3-4,7-11H2,1H3. The predicted molar refractivity (Wildman–Crippen MR) is 75.6 cm³/mol. The first-order chi connectivity index (χ1) is 10.0. The van der Waals surface area contributed by atoms with Crippen molar-refractivity contribution in [3.05, 3.63) is 35.4 Å². The monoisotopic (exact) mass is 294 g/mol. The Kier molecular flexibility index (Phi) is 3.69. The highest BCUT2D eigenvalue weighted by molar-refractivity contribution is 5.87. The molecule has 2 aliphatic rings. The number of benzene rings is 1. The largest absolute Gasteiger partial charge is 0.344 e. The van der Waals surface area contributed by atoms with Crippen molar-refractivity contribution in [1.29, 1.82) is 0 Å². The van der Waals surface area contributed by atoms with Crippen LogP contribution in [-0.2, 0) is 11.3 Å². The summed E-state index contributed by atoms with van der Waals surface area (Å²) >= 11 is 0. The Labute approximate surface area is 123 Å². The van der Waals surface area contributed by atoms with E-state index in [0.29, 0.717) is 12.1 Å². The Morgan fingerprint density at radius 3 is 2.67 bits per heavy atom. The molecule has 0 N–H and O–H groups in total. The summed E-state index contributed by atoms with van der Waals surface area (Å²) in [5.41, 5.74) is -0.177. The van der Waals surface area contributed by atoms with Gasteiger partial charge in [-0.05, 0) is 38.3 Å². The lowest BCUT2D eigenvalue weighted by molar-refractivity contribution is -0.146. The zero-order valence-electron chi connectivity index (χ0n) is 12.2. The maximum Gasteiger partial charge on any atom is 0.242 e. The first kappa shape index (κ1) is 14.4. The average molecular weight is 294 g/mol. The van der Waals surface area contributed by atoms with Gasteiger partial charge in [0.05, 0.1) is 0 Å². The van der Waals surface area contributed by atoms with Crippen LogP contribution in [0.15, 0.2) is 18.2 Å². The lowest BCUT2D eigenvalue weighted by Crippen LogP contribution is -2.58. The lowest BCUT2D eigenvalue weighted by Gasteiger charge is -2.43. The summed E-state index contributed by atoms with van der Waals surface area (Å²) in [5.74, 6) is -1.49. The van der Waals surface area contributed by atoms with Crippen LogP contribution in [0.2, 0.25) is 0 Å². The molecule has 1 spiro atoms. The average Bonchev–Trinajstić information content (AvgIpc) is 2.85. The Morgan fingerprint density at radius 1 is 1.19 bits per heavy atom. The predicted octanol–water partition coefficient (Wildman–Crippen LogP) is 2.55. The van der Waals surface area contributed by atoms with Crippen LogP contribution in [0.25, 0.3) is 0 Å². The smallest absolute Gasteiger partial charge is 0.242 e. The third-order valence-corrected chi connectivity index (χ3v) is 4.85. The van der Waals surface area contributed by atoms with E-state index in [9.17, 15) is 13.6 Å². The molecule has 0 saturated carbocycles. The van der Waals surface area contributed by atoms with Gasteiger partial charge in [-0.3, -0.25) is 9.69 Å². The number of likely N-dealkylation sites (N-methyl/N-ethyl adjacent to an activating group) is 1. The molecule has 3 nitrogen and oxygen atoms in total. The molecule has 1 amide bonds. The van der Waals surface area contributed by atoms with E-state index in [0.717, 1.165) is 44.8 Å². The fourth-order valence-electron chi connectivity index (χ4n) is 3.74. The highest BCUT2D eigenvalue weighted by Crippen LogP contribution is 2.39. The summed E-state index contributed by atoms with van der Waals surface area (Å²) in [6.07, 6.45) is 3.51. The Hall–Kier alpha value is -1.49. The molecule has 2 aliphatic heterocycles. The molecule has 2 heterocycles. The van der Waals surface area contributed by atoms with E-state index < -0.39 is 17.2 Å². The van der Waals surface area contributed by atoms with Gasteiger partial charge >= 0.3 is 0 Å². The van der Waals surface area contributed by atoms with Gasteiger partial charge in [0.1, 0.15) is 5.54 Å². The zero-order valence-corrected chi connectivity index (χ0v) is 12.2. The number of nitrogens with zero attached hydrogens (tertiary/aromatic N) is 2. The SMILES string of the molecule is CN1CCCC2(CCCN2Cc2cccc(F)c2F)C1=O. The van der Waals surface area contributed by atoms with Crippen LogP contribution in [0.3, 0.4) is 0 Å². The molecule has 1 atom stereocenters. The quantitative estimate of drug-likeness (QED) is 0.837. The highest BCUT2D eigenvalue weighted by Gasteiger charge is 2.49. The van der Waals surface area contributed by atoms with Gasteiger partial charge in [0.15, 0.2) is 11.6 Å². The summed E-state index contributed by atoms with van der Waals surface area (Å²) in [6.45, 7) is 1.83. The Morgan fingerprint density at radius 2 is 1.90 bits per heavy atom. The van der Waals surface area contributed by atoms with E-state index in [1.54, 1.807) is 11.0 Å². The maximum atomic E-state index is 13.9. The van der Waals surface area contributed by atoms with E-state index in [1.165, 1.54) is 6.07 Å². The van der Waals surface area contributed by atoms with Gasteiger partial charge in [0.2, 0.25) is 5.91 Å². The first-order valence-electron chi connectivity index (χ1n) is 7.48. The molecule has 1 aromatic carbocycles. The molecular weight excluding hydrogens is 274 g/mol. The van der Waals surface area contributed by atoms with Gasteiger partial charge in [-0.2, -0.15) is 0 Å². The summed E-state index contributed by atoms with van der Waals surface area (Å²) in [4.78, 5) is 16.4. The molecule has 5 heteroatoms. The molecule has 1 aromatic rings. The molecule has 21 heavy (non-hydrogen) atoms. The van der Waals surface area contributed by atoms with Crippen LogP contribution in [0.4, 0.5) is 8.78 Å². The number of rotatable bonds is 2. The van der Waals surface area contributed by atoms with Crippen molar-refractivity contribution in [3.63, 3.8) is 0 Å².